The van der Waals surface area contributed by atoms with E-state index in [2.05, 4.69) is 0 Å². The fourth-order valence-corrected chi connectivity index (χ4v) is 1.45. The molecule has 74 valence electrons. The molecule has 0 amide bonds. The number of nitrogens with zero attached hydrogens (tertiary/aromatic N) is 1. The molecular formula is C10H9ClFNO. The van der Waals surface area contributed by atoms with Gasteiger partial charge in [0.25, 0.3) is 0 Å². The van der Waals surface area contributed by atoms with Gasteiger partial charge in [-0.05, 0) is 12.1 Å². The topological polar surface area (TPSA) is 33.0 Å². The summed E-state index contributed by atoms with van der Waals surface area (Å²) in [7, 11) is 1.48. The van der Waals surface area contributed by atoms with E-state index in [-0.39, 0.29) is 13.0 Å². The summed E-state index contributed by atoms with van der Waals surface area (Å²) in [6, 6.07) is 4.84. The molecule has 4 heteroatoms. The number of hydrogen-bond acceptors (Lipinski definition) is 2. The Bertz CT molecular complexity index is 373. The quantitative estimate of drug-likeness (QED) is 0.774. The summed E-state index contributed by atoms with van der Waals surface area (Å²) >= 11 is 5.76. The number of hydrogen-bond donors (Lipinski definition) is 0. The predicted octanol–water partition coefficient (Wildman–Crippen LogP) is 2.69. The van der Waals surface area contributed by atoms with Crippen molar-refractivity contribution in [3.63, 3.8) is 0 Å². The van der Waals surface area contributed by atoms with E-state index in [4.69, 9.17) is 21.6 Å². The molecule has 1 aromatic carbocycles. The second kappa shape index (κ2) is 4.94. The third-order valence-electron chi connectivity index (χ3n) is 1.76. The lowest BCUT2D eigenvalue weighted by Gasteiger charge is -2.06. The van der Waals surface area contributed by atoms with Crippen molar-refractivity contribution in [1.29, 1.82) is 5.26 Å². The summed E-state index contributed by atoms with van der Waals surface area (Å²) in [5, 5.41) is 8.88. The first-order valence-corrected chi connectivity index (χ1v) is 4.39. The molecule has 0 radical (unpaired) electrons. The number of ether oxygens (including phenoxy) is 1. The zero-order valence-electron chi connectivity index (χ0n) is 7.68. The SMILES string of the molecule is COCc1cc(Cl)cc(CC#N)c1F. The van der Waals surface area contributed by atoms with E-state index >= 15 is 0 Å². The van der Waals surface area contributed by atoms with Gasteiger partial charge in [0.15, 0.2) is 0 Å². The molecule has 0 aliphatic heterocycles. The number of nitriles is 1. The summed E-state index contributed by atoms with van der Waals surface area (Å²) in [4.78, 5) is 0. The Kier molecular flexibility index (Phi) is 3.87. The van der Waals surface area contributed by atoms with Crippen molar-refractivity contribution < 1.29 is 9.13 Å². The van der Waals surface area contributed by atoms with E-state index in [0.29, 0.717) is 16.1 Å². The highest BCUT2D eigenvalue weighted by Gasteiger charge is 2.09. The molecule has 0 heterocycles. The van der Waals surface area contributed by atoms with E-state index in [1.807, 2.05) is 6.07 Å². The summed E-state index contributed by atoms with van der Waals surface area (Å²) in [6.07, 6.45) is 0.0170. The molecule has 14 heavy (non-hydrogen) atoms. The molecule has 0 saturated heterocycles. The van der Waals surface area contributed by atoms with Crippen LogP contribution in [0.1, 0.15) is 11.1 Å². The Labute approximate surface area is 86.9 Å². The fourth-order valence-electron chi connectivity index (χ4n) is 1.18. The summed E-state index contributed by atoms with van der Waals surface area (Å²) in [5.41, 5.74) is 0.692. The van der Waals surface area contributed by atoms with E-state index < -0.39 is 5.82 Å². The van der Waals surface area contributed by atoms with Gasteiger partial charge in [0.05, 0.1) is 19.1 Å². The predicted molar refractivity (Wildman–Crippen MR) is 51.4 cm³/mol. The highest BCUT2D eigenvalue weighted by molar-refractivity contribution is 6.30. The molecule has 0 spiro atoms. The molecule has 0 N–H and O–H groups in total. The van der Waals surface area contributed by atoms with Gasteiger partial charge in [-0.25, -0.2) is 4.39 Å². The van der Waals surface area contributed by atoms with E-state index in [1.54, 1.807) is 0 Å². The second-order valence-corrected chi connectivity index (χ2v) is 3.24. The molecule has 0 saturated carbocycles. The zero-order chi connectivity index (χ0) is 10.6. The van der Waals surface area contributed by atoms with Crippen LogP contribution >= 0.6 is 11.6 Å². The standard InChI is InChI=1S/C10H9ClFNO/c1-14-6-8-5-9(11)4-7(2-3-13)10(8)12/h4-5H,2,6H2,1H3. The van der Waals surface area contributed by atoms with Gasteiger partial charge < -0.3 is 4.74 Å². The van der Waals surface area contributed by atoms with Gasteiger partial charge >= 0.3 is 0 Å². The summed E-state index contributed by atoms with van der Waals surface area (Å²) in [5.74, 6) is -0.405. The number of rotatable bonds is 3. The van der Waals surface area contributed by atoms with Crippen molar-refractivity contribution in [2.75, 3.05) is 7.11 Å². The largest absolute Gasteiger partial charge is 0.380 e. The van der Waals surface area contributed by atoms with E-state index in [9.17, 15) is 4.39 Å². The van der Waals surface area contributed by atoms with Gasteiger partial charge in [-0.2, -0.15) is 5.26 Å². The summed E-state index contributed by atoms with van der Waals surface area (Å²) < 4.78 is 18.4. The van der Waals surface area contributed by atoms with Gasteiger partial charge in [-0.1, -0.05) is 11.6 Å². The molecule has 0 aliphatic rings. The van der Waals surface area contributed by atoms with Crippen LogP contribution in [0.4, 0.5) is 4.39 Å². The molecule has 0 unspecified atom stereocenters. The van der Waals surface area contributed by atoms with Gasteiger partial charge in [0.2, 0.25) is 0 Å². The average Bonchev–Trinajstić information content (AvgIpc) is 2.14. The minimum Gasteiger partial charge on any atom is -0.380 e. The highest BCUT2D eigenvalue weighted by Crippen LogP contribution is 2.20. The molecule has 2 nitrogen and oxygen atoms in total. The molecule has 0 aromatic heterocycles. The monoisotopic (exact) mass is 213 g/mol. The Hall–Kier alpha value is -1.11. The molecule has 0 bridgehead atoms. The Morgan fingerprint density at radius 3 is 2.71 bits per heavy atom. The minimum atomic E-state index is -0.405. The maximum atomic E-state index is 13.5. The van der Waals surface area contributed by atoms with Crippen molar-refractivity contribution in [1.82, 2.24) is 0 Å². The number of methoxy groups -OCH3 is 1. The van der Waals surface area contributed by atoms with Crippen LogP contribution in [-0.4, -0.2) is 7.11 Å². The Balaban J connectivity index is 3.12. The lowest BCUT2D eigenvalue weighted by molar-refractivity contribution is 0.181. The molecule has 0 aliphatic carbocycles. The first-order chi connectivity index (χ1) is 6.69. The van der Waals surface area contributed by atoms with Crippen molar-refractivity contribution in [3.8, 4) is 6.07 Å². The van der Waals surface area contributed by atoms with Crippen molar-refractivity contribution in [3.05, 3.63) is 34.1 Å². The molecule has 0 atom stereocenters. The number of benzene rings is 1. The van der Waals surface area contributed by atoms with Gasteiger partial charge in [-0.15, -0.1) is 0 Å². The van der Waals surface area contributed by atoms with Gasteiger partial charge in [-0.3, -0.25) is 0 Å². The molecule has 0 fully saturated rings. The Morgan fingerprint density at radius 2 is 2.14 bits per heavy atom. The van der Waals surface area contributed by atoms with Crippen LogP contribution < -0.4 is 0 Å². The van der Waals surface area contributed by atoms with Crippen LogP contribution in [0.2, 0.25) is 5.02 Å². The average molecular weight is 214 g/mol. The van der Waals surface area contributed by atoms with Crippen LogP contribution in [0.25, 0.3) is 0 Å². The van der Waals surface area contributed by atoms with Crippen LogP contribution in [0.5, 0.6) is 0 Å². The third kappa shape index (κ3) is 2.44. The third-order valence-corrected chi connectivity index (χ3v) is 1.98. The van der Waals surface area contributed by atoms with Crippen LogP contribution in [0.3, 0.4) is 0 Å². The van der Waals surface area contributed by atoms with Crippen molar-refractivity contribution in [2.24, 2.45) is 0 Å². The minimum absolute atomic E-state index is 0.0170. The maximum Gasteiger partial charge on any atom is 0.133 e. The Morgan fingerprint density at radius 1 is 1.50 bits per heavy atom. The van der Waals surface area contributed by atoms with Crippen molar-refractivity contribution >= 4 is 11.6 Å². The fraction of sp³-hybridized carbons (Fsp3) is 0.300. The lowest BCUT2D eigenvalue weighted by atomic mass is 10.1. The van der Waals surface area contributed by atoms with E-state index in [1.165, 1.54) is 19.2 Å². The molecule has 1 rings (SSSR count). The number of halogens is 2. The van der Waals surface area contributed by atoms with E-state index in [0.717, 1.165) is 0 Å². The van der Waals surface area contributed by atoms with Gasteiger partial charge in [0.1, 0.15) is 5.82 Å². The molecular weight excluding hydrogens is 205 g/mol. The van der Waals surface area contributed by atoms with Crippen LogP contribution in [0.15, 0.2) is 12.1 Å². The summed E-state index contributed by atoms with van der Waals surface area (Å²) in [6.45, 7) is 0.158. The maximum absolute atomic E-state index is 13.5. The zero-order valence-corrected chi connectivity index (χ0v) is 8.44. The van der Waals surface area contributed by atoms with Crippen LogP contribution in [-0.2, 0) is 17.8 Å². The van der Waals surface area contributed by atoms with Crippen molar-refractivity contribution in [2.45, 2.75) is 13.0 Å². The molecule has 1 aromatic rings. The smallest absolute Gasteiger partial charge is 0.133 e. The lowest BCUT2D eigenvalue weighted by Crippen LogP contribution is -1.98. The van der Waals surface area contributed by atoms with Gasteiger partial charge in [0, 0.05) is 23.3 Å². The second-order valence-electron chi connectivity index (χ2n) is 2.81. The normalized spacial score (nSPS) is 9.86. The first kappa shape index (κ1) is 11.0. The van der Waals surface area contributed by atoms with Crippen LogP contribution in [0, 0.1) is 17.1 Å². The first-order valence-electron chi connectivity index (χ1n) is 4.01. The highest BCUT2D eigenvalue weighted by atomic mass is 35.5.